The Morgan fingerprint density at radius 3 is 1.15 bits per heavy atom. The zero-order valence-corrected chi connectivity index (χ0v) is 68.4. The molecular weight excluding hydrogens is 1370 g/mol. The van der Waals surface area contributed by atoms with E-state index in [1.807, 2.05) is 115 Å². The van der Waals surface area contributed by atoms with E-state index in [9.17, 15) is 14.4 Å². The number of nitrogens with zero attached hydrogens (tertiary/aromatic N) is 3. The van der Waals surface area contributed by atoms with E-state index in [2.05, 4.69) is 83.1 Å². The Labute approximate surface area is 645 Å². The molecule has 21 heteroatoms. The van der Waals surface area contributed by atoms with Gasteiger partial charge in [0.05, 0.1) is 55.9 Å². The molecule has 6 saturated heterocycles. The number of benzene rings is 3. The van der Waals surface area contributed by atoms with E-state index >= 15 is 0 Å². The van der Waals surface area contributed by atoms with Crippen LogP contribution in [0.1, 0.15) is 162 Å². The number of ether oxygens (including phenoxy) is 15. The fourth-order valence-electron chi connectivity index (χ4n) is 17.1. The molecule has 6 heterocycles. The Hall–Kier alpha value is -5.53. The number of aryl methyl sites for hydroxylation is 2. The number of hydrogen-bond acceptors (Lipinski definition) is 21. The number of esters is 3. The first kappa shape index (κ1) is 84.9. The van der Waals surface area contributed by atoms with Gasteiger partial charge >= 0.3 is 17.9 Å². The third-order valence-corrected chi connectivity index (χ3v) is 23.9. The fraction of sp³-hybridized carbons (Fsp3) is 0.713. The monoisotopic (exact) mass is 1510 g/mol. The summed E-state index contributed by atoms with van der Waals surface area (Å²) in [6, 6.07) is 23.6. The SMILES string of the molecule is CO[C@@H]1[C@H](OC(=O)/C=C/c2ccc(OCCN(C)C)cc2)CCC2(CO2)[C@H]1[C@@]1(C)O[C@@H]1CCC(C)C.CO[C@@H]1[C@H](OC(=O)CCc2ccc(OCCN(C)C)cc2)CCC2(CO2)[C@H]1[C@@]1(C)O[C@@H]1CC=C(C)C.CO[C@@H]1[C@H](OC(=O)CCc2ccc(OCCN(C)C)cc2)CCC2(CO2)[C@H]1[C@@]1(C)O[C@@H]1CCC(C)C. The van der Waals surface area contributed by atoms with Crippen LogP contribution in [-0.2, 0) is 84.1 Å². The highest BCUT2D eigenvalue weighted by Crippen LogP contribution is 2.63. The van der Waals surface area contributed by atoms with Crippen LogP contribution in [0.4, 0.5) is 0 Å². The van der Waals surface area contributed by atoms with Crippen LogP contribution >= 0.6 is 0 Å². The molecule has 0 amide bonds. The van der Waals surface area contributed by atoms with Crippen molar-refractivity contribution in [2.24, 2.45) is 29.6 Å². The Balaban J connectivity index is 0.000000173. The maximum atomic E-state index is 12.8. The van der Waals surface area contributed by atoms with Crippen molar-refractivity contribution in [1.29, 1.82) is 0 Å². The first-order valence-electron chi connectivity index (χ1n) is 40.1. The summed E-state index contributed by atoms with van der Waals surface area (Å²) in [5.41, 5.74) is 2.84. The Bertz CT molecular complexity index is 3400. The maximum absolute atomic E-state index is 12.8. The molecule has 18 atom stereocenters. The number of allylic oxidation sites excluding steroid dienone is 1. The van der Waals surface area contributed by atoms with Crippen molar-refractivity contribution in [3.63, 3.8) is 0 Å². The number of likely N-dealkylation sites (N-methyl/N-ethyl adjacent to an activating group) is 3. The summed E-state index contributed by atoms with van der Waals surface area (Å²) in [7, 11) is 17.3. The highest BCUT2D eigenvalue weighted by molar-refractivity contribution is 5.87. The molecule has 9 fully saturated rings. The van der Waals surface area contributed by atoms with Gasteiger partial charge in [-0.1, -0.05) is 75.7 Å². The molecule has 3 aromatic rings. The van der Waals surface area contributed by atoms with Crippen molar-refractivity contribution in [2.45, 2.75) is 247 Å². The van der Waals surface area contributed by atoms with E-state index in [1.165, 1.54) is 11.6 Å². The molecule has 3 spiro atoms. The van der Waals surface area contributed by atoms with Gasteiger partial charge in [0, 0.05) is 59.9 Å². The van der Waals surface area contributed by atoms with E-state index in [4.69, 9.17) is 71.1 Å². The van der Waals surface area contributed by atoms with Gasteiger partial charge in [0.2, 0.25) is 0 Å². The summed E-state index contributed by atoms with van der Waals surface area (Å²) in [6.07, 6.45) is 16.4. The molecule has 21 nitrogen and oxygen atoms in total. The van der Waals surface area contributed by atoms with Crippen LogP contribution in [-0.4, -0.2) is 244 Å². The molecule has 12 rings (SSSR count). The predicted molar refractivity (Wildman–Crippen MR) is 415 cm³/mol. The van der Waals surface area contributed by atoms with Crippen molar-refractivity contribution in [3.8, 4) is 17.2 Å². The number of carbonyl (C=O) groups is 3. The zero-order chi connectivity index (χ0) is 77.8. The molecule has 0 bridgehead atoms. The Kier molecular flexibility index (Phi) is 29.4. The molecule has 602 valence electrons. The van der Waals surface area contributed by atoms with Crippen LogP contribution in [0, 0.1) is 29.6 Å². The number of carbonyl (C=O) groups excluding carboxylic acids is 3. The van der Waals surface area contributed by atoms with Crippen LogP contribution < -0.4 is 14.2 Å². The highest BCUT2D eigenvalue weighted by Gasteiger charge is 2.75. The molecule has 3 saturated carbocycles. The lowest BCUT2D eigenvalue weighted by atomic mass is 9.68. The molecule has 0 aromatic heterocycles. The third-order valence-electron chi connectivity index (χ3n) is 23.9. The average molecular weight is 1510 g/mol. The minimum Gasteiger partial charge on any atom is -0.492 e. The molecule has 3 aliphatic carbocycles. The number of epoxide rings is 6. The second-order valence-electron chi connectivity index (χ2n) is 34.2. The van der Waals surface area contributed by atoms with E-state index in [0.717, 1.165) is 144 Å². The van der Waals surface area contributed by atoms with Crippen molar-refractivity contribution in [3.05, 3.63) is 107 Å². The molecule has 6 aliphatic heterocycles. The molecule has 108 heavy (non-hydrogen) atoms. The average Bonchev–Trinajstić information content (AvgIpc) is 1.55. The van der Waals surface area contributed by atoms with Gasteiger partial charge in [-0.05, 0) is 231 Å². The van der Waals surface area contributed by atoms with Gasteiger partial charge in [-0.2, -0.15) is 0 Å². The van der Waals surface area contributed by atoms with E-state index < -0.39 is 0 Å². The predicted octanol–water partition coefficient (Wildman–Crippen LogP) is 12.8. The highest BCUT2D eigenvalue weighted by atomic mass is 16.7. The van der Waals surface area contributed by atoms with Crippen molar-refractivity contribution >= 4 is 24.0 Å². The summed E-state index contributed by atoms with van der Waals surface area (Å²) in [5.74, 6) is 3.20. The summed E-state index contributed by atoms with van der Waals surface area (Å²) < 4.78 is 90.0. The van der Waals surface area contributed by atoms with E-state index in [-0.39, 0.29) is 124 Å². The van der Waals surface area contributed by atoms with Gasteiger partial charge in [-0.15, -0.1) is 0 Å². The van der Waals surface area contributed by atoms with Crippen LogP contribution in [0.3, 0.4) is 0 Å². The van der Waals surface area contributed by atoms with Gasteiger partial charge in [-0.25, -0.2) is 4.79 Å². The summed E-state index contributed by atoms with van der Waals surface area (Å²) in [5, 5.41) is 0. The van der Waals surface area contributed by atoms with Crippen molar-refractivity contribution in [1.82, 2.24) is 14.7 Å². The second-order valence-corrected chi connectivity index (χ2v) is 34.2. The standard InChI is InChI=1S/C29H45NO6.2C29H43NO6/c3*1-20(2)7-13-24-28(3,36-24)27-26(32-6)23(15-16-29(27)19-34-29)35-25(31)14-10-21-8-11-22(12-9-21)33-18-17-30(4)5/h8-9,11-12,20,23-24,26-27H,7,10,13-19H2,1-6H3;8-12,14,20,23-24,26-27H,7,13,15-19H2,1-6H3;7-9,11-12,23-24,26-27H,10,13-19H2,1-6H3/b;14-10+;/t3*23-,24-,26-,27-,28+,29?/m111/s1. The molecular formula is C87H131N3O18. The zero-order valence-electron chi connectivity index (χ0n) is 68.4. The minimum atomic E-state index is -0.363. The first-order chi connectivity index (χ1) is 51.5. The van der Waals surface area contributed by atoms with Crippen molar-refractivity contribution in [2.75, 3.05) is 123 Å². The normalized spacial score (nSPS) is 33.2. The molecule has 9 aliphatic rings. The van der Waals surface area contributed by atoms with Gasteiger partial charge in [0.15, 0.2) is 0 Å². The lowest BCUT2D eigenvalue weighted by molar-refractivity contribution is -0.172. The lowest BCUT2D eigenvalue weighted by Crippen LogP contribution is -2.55. The van der Waals surface area contributed by atoms with E-state index in [1.54, 1.807) is 27.4 Å². The second kappa shape index (κ2) is 37.4. The van der Waals surface area contributed by atoms with Crippen LogP contribution in [0.5, 0.6) is 17.2 Å². The Morgan fingerprint density at radius 2 is 0.824 bits per heavy atom. The Morgan fingerprint density at radius 1 is 0.491 bits per heavy atom. The maximum Gasteiger partial charge on any atom is 0.331 e. The molecule has 3 unspecified atom stereocenters. The van der Waals surface area contributed by atoms with Crippen molar-refractivity contribution < 1.29 is 85.4 Å². The number of methoxy groups -OCH3 is 3. The van der Waals surface area contributed by atoms with Gasteiger partial charge in [0.1, 0.15) is 107 Å². The van der Waals surface area contributed by atoms with Crippen LogP contribution in [0.15, 0.2) is 90.5 Å². The lowest BCUT2D eigenvalue weighted by Gasteiger charge is -2.42. The fourth-order valence-corrected chi connectivity index (χ4v) is 17.1. The summed E-state index contributed by atoms with van der Waals surface area (Å²) in [4.78, 5) is 44.7. The van der Waals surface area contributed by atoms with Gasteiger partial charge in [0.25, 0.3) is 0 Å². The number of hydrogen-bond donors (Lipinski definition) is 0. The topological polar surface area (TPSA) is 219 Å². The van der Waals surface area contributed by atoms with Crippen LogP contribution in [0.2, 0.25) is 0 Å². The van der Waals surface area contributed by atoms with Gasteiger partial charge < -0.3 is 85.8 Å². The smallest absolute Gasteiger partial charge is 0.331 e. The minimum absolute atomic E-state index is 0.0390. The largest absolute Gasteiger partial charge is 0.492 e. The van der Waals surface area contributed by atoms with Gasteiger partial charge in [-0.3, -0.25) is 9.59 Å². The van der Waals surface area contributed by atoms with E-state index in [0.29, 0.717) is 57.3 Å². The van der Waals surface area contributed by atoms with Crippen LogP contribution in [0.25, 0.3) is 6.08 Å². The first-order valence-corrected chi connectivity index (χ1v) is 40.1. The molecule has 0 radical (unpaired) electrons. The quantitative estimate of drug-likeness (QED) is 0.0172. The summed E-state index contributed by atoms with van der Waals surface area (Å²) >= 11 is 0. The molecule has 0 N–H and O–H groups in total. The molecule has 3 aromatic carbocycles. The number of rotatable bonds is 37. The summed E-state index contributed by atoms with van der Waals surface area (Å²) in [6.45, 7) is 26.4. The third kappa shape index (κ3) is 22.4.